The van der Waals surface area contributed by atoms with Crippen LogP contribution in [-0.4, -0.2) is 34.1 Å². The molecule has 1 fully saturated rings. The molecule has 110 valence electrons. The number of anilines is 1. The summed E-state index contributed by atoms with van der Waals surface area (Å²) in [6, 6.07) is 5.46. The molecule has 0 aliphatic heterocycles. The summed E-state index contributed by atoms with van der Waals surface area (Å²) in [7, 11) is 0. The van der Waals surface area contributed by atoms with Crippen LogP contribution in [0.3, 0.4) is 0 Å². The van der Waals surface area contributed by atoms with Crippen molar-refractivity contribution in [3.8, 4) is 0 Å². The summed E-state index contributed by atoms with van der Waals surface area (Å²) in [5.41, 5.74) is 6.92. The van der Waals surface area contributed by atoms with E-state index in [-0.39, 0.29) is 18.0 Å². The van der Waals surface area contributed by atoms with E-state index < -0.39 is 4.92 Å². The molecule has 1 aliphatic carbocycles. The molecule has 1 aromatic rings. The maximum Gasteiger partial charge on any atom is 0.292 e. The first-order valence-electron chi connectivity index (χ1n) is 7.00. The highest BCUT2D eigenvalue weighted by atomic mass is 16.6. The fourth-order valence-electron chi connectivity index (χ4n) is 2.53. The fourth-order valence-corrected chi connectivity index (χ4v) is 2.53. The van der Waals surface area contributed by atoms with Gasteiger partial charge in [-0.15, -0.1) is 0 Å². The molecule has 0 unspecified atom stereocenters. The minimum Gasteiger partial charge on any atom is -0.396 e. The molecule has 6 heteroatoms. The number of hydrogen-bond acceptors (Lipinski definition) is 5. The van der Waals surface area contributed by atoms with Crippen LogP contribution in [0.2, 0.25) is 0 Å². The maximum atomic E-state index is 10.9. The van der Waals surface area contributed by atoms with Crippen molar-refractivity contribution in [2.75, 3.05) is 18.9 Å². The average Bonchev–Trinajstić information content (AvgIpc) is 2.35. The van der Waals surface area contributed by atoms with Crippen molar-refractivity contribution >= 4 is 11.4 Å². The second-order valence-corrected chi connectivity index (χ2v) is 5.24. The Kier molecular flexibility index (Phi) is 4.92. The van der Waals surface area contributed by atoms with E-state index in [4.69, 9.17) is 10.8 Å². The van der Waals surface area contributed by atoms with E-state index in [0.29, 0.717) is 19.0 Å². The van der Waals surface area contributed by atoms with Crippen LogP contribution in [-0.2, 0) is 6.54 Å². The van der Waals surface area contributed by atoms with Gasteiger partial charge >= 0.3 is 0 Å². The summed E-state index contributed by atoms with van der Waals surface area (Å²) in [6.45, 7) is 1.56. The first kappa shape index (κ1) is 14.7. The zero-order chi connectivity index (χ0) is 14.5. The summed E-state index contributed by atoms with van der Waals surface area (Å²) < 4.78 is 0. The van der Waals surface area contributed by atoms with Crippen molar-refractivity contribution < 1.29 is 10.0 Å². The molecule has 6 nitrogen and oxygen atoms in total. The van der Waals surface area contributed by atoms with Crippen LogP contribution < -0.4 is 5.73 Å². The van der Waals surface area contributed by atoms with E-state index in [0.717, 1.165) is 24.9 Å². The van der Waals surface area contributed by atoms with Gasteiger partial charge in [0.2, 0.25) is 0 Å². The summed E-state index contributed by atoms with van der Waals surface area (Å²) in [4.78, 5) is 12.7. The average molecular weight is 279 g/mol. The van der Waals surface area contributed by atoms with Gasteiger partial charge in [0.15, 0.2) is 0 Å². The van der Waals surface area contributed by atoms with Gasteiger partial charge in [-0.25, -0.2) is 0 Å². The molecule has 20 heavy (non-hydrogen) atoms. The molecule has 0 amide bonds. The number of benzene rings is 1. The minimum absolute atomic E-state index is 0.0294. The van der Waals surface area contributed by atoms with Crippen LogP contribution in [0.25, 0.3) is 0 Å². The zero-order valence-corrected chi connectivity index (χ0v) is 11.5. The number of hydrogen-bond donors (Lipinski definition) is 2. The van der Waals surface area contributed by atoms with Gasteiger partial charge in [0.1, 0.15) is 5.69 Å². The third-order valence-electron chi connectivity index (χ3n) is 3.94. The van der Waals surface area contributed by atoms with Crippen LogP contribution in [0, 0.1) is 10.1 Å². The lowest BCUT2D eigenvalue weighted by molar-refractivity contribution is -0.384. The van der Waals surface area contributed by atoms with Crippen LogP contribution in [0.15, 0.2) is 18.2 Å². The third-order valence-corrected chi connectivity index (χ3v) is 3.94. The lowest BCUT2D eigenvalue weighted by Gasteiger charge is -2.37. The quantitative estimate of drug-likeness (QED) is 0.452. The highest BCUT2D eigenvalue weighted by Crippen LogP contribution is 2.30. The number of rotatable bonds is 7. The second-order valence-electron chi connectivity index (χ2n) is 5.24. The molecule has 0 atom stereocenters. The molecule has 1 aliphatic rings. The maximum absolute atomic E-state index is 10.9. The molecule has 0 bridgehead atoms. The lowest BCUT2D eigenvalue weighted by Crippen LogP contribution is -2.40. The van der Waals surface area contributed by atoms with Gasteiger partial charge in [0.25, 0.3) is 5.69 Å². The first-order chi connectivity index (χ1) is 9.63. The van der Waals surface area contributed by atoms with Gasteiger partial charge in [-0.1, -0.05) is 18.6 Å². The predicted octanol–water partition coefficient (Wildman–Crippen LogP) is 1.91. The Labute approximate surface area is 118 Å². The van der Waals surface area contributed by atoms with Crippen LogP contribution in [0.5, 0.6) is 0 Å². The number of nitrogen functional groups attached to an aromatic ring is 1. The Hall–Kier alpha value is -1.66. The number of aliphatic hydroxyl groups excluding tert-OH is 1. The third kappa shape index (κ3) is 3.26. The van der Waals surface area contributed by atoms with E-state index in [9.17, 15) is 10.1 Å². The molecule has 3 N–H and O–H groups in total. The molecule has 2 rings (SSSR count). The van der Waals surface area contributed by atoms with E-state index >= 15 is 0 Å². The lowest BCUT2D eigenvalue weighted by atomic mass is 9.91. The van der Waals surface area contributed by atoms with Gasteiger partial charge < -0.3 is 10.8 Å². The Bertz CT molecular complexity index is 475. The number of nitro groups is 1. The van der Waals surface area contributed by atoms with Crippen molar-refractivity contribution in [1.29, 1.82) is 0 Å². The number of aliphatic hydroxyl groups is 1. The summed E-state index contributed by atoms with van der Waals surface area (Å²) in [5, 5.41) is 19.9. The second kappa shape index (κ2) is 6.67. The SMILES string of the molecule is Nc1c(CN(CCCO)C2CCC2)cccc1[N+](=O)[O-]. The van der Waals surface area contributed by atoms with Crippen molar-refractivity contribution in [3.05, 3.63) is 33.9 Å². The molecular formula is C14H21N3O3. The Morgan fingerprint density at radius 3 is 2.75 bits per heavy atom. The van der Waals surface area contributed by atoms with Crippen LogP contribution >= 0.6 is 0 Å². The molecule has 0 heterocycles. The standard InChI is InChI=1S/C14H21N3O3/c15-14-11(4-1-7-13(14)17(19)20)10-16(8-3-9-18)12-5-2-6-12/h1,4,7,12,18H,2-3,5-6,8-10,15H2. The molecular weight excluding hydrogens is 258 g/mol. The Balaban J connectivity index is 2.13. The van der Waals surface area contributed by atoms with Crippen molar-refractivity contribution in [1.82, 2.24) is 4.90 Å². The number of nitrogens with two attached hydrogens (primary N) is 1. The molecule has 0 saturated heterocycles. The number of nitro benzene ring substituents is 1. The van der Waals surface area contributed by atoms with Crippen molar-refractivity contribution in [2.24, 2.45) is 0 Å². The Morgan fingerprint density at radius 2 is 2.20 bits per heavy atom. The number of nitrogens with zero attached hydrogens (tertiary/aromatic N) is 2. The molecule has 1 aromatic carbocycles. The highest BCUT2D eigenvalue weighted by Gasteiger charge is 2.26. The van der Waals surface area contributed by atoms with Crippen LogP contribution in [0.1, 0.15) is 31.2 Å². The smallest absolute Gasteiger partial charge is 0.292 e. The summed E-state index contributed by atoms with van der Waals surface area (Å²) >= 11 is 0. The van der Waals surface area contributed by atoms with Gasteiger partial charge in [-0.2, -0.15) is 0 Å². The minimum atomic E-state index is -0.444. The van der Waals surface area contributed by atoms with Gasteiger partial charge in [0, 0.05) is 31.8 Å². The normalized spacial score (nSPS) is 15.3. The summed E-state index contributed by atoms with van der Waals surface area (Å²) in [6.07, 6.45) is 4.25. The van der Waals surface area contributed by atoms with E-state index in [1.165, 1.54) is 12.5 Å². The van der Waals surface area contributed by atoms with Crippen molar-refractivity contribution in [3.63, 3.8) is 0 Å². The van der Waals surface area contributed by atoms with Gasteiger partial charge in [-0.3, -0.25) is 15.0 Å². The predicted molar refractivity (Wildman–Crippen MR) is 77.3 cm³/mol. The van der Waals surface area contributed by atoms with E-state index in [2.05, 4.69) is 4.90 Å². The van der Waals surface area contributed by atoms with Crippen molar-refractivity contribution in [2.45, 2.75) is 38.3 Å². The zero-order valence-electron chi connectivity index (χ0n) is 11.5. The molecule has 0 spiro atoms. The largest absolute Gasteiger partial charge is 0.396 e. The monoisotopic (exact) mass is 279 g/mol. The topological polar surface area (TPSA) is 92.6 Å². The van der Waals surface area contributed by atoms with Crippen LogP contribution in [0.4, 0.5) is 11.4 Å². The Morgan fingerprint density at radius 1 is 1.45 bits per heavy atom. The highest BCUT2D eigenvalue weighted by molar-refractivity contribution is 5.62. The summed E-state index contributed by atoms with van der Waals surface area (Å²) in [5.74, 6) is 0. The van der Waals surface area contributed by atoms with Gasteiger partial charge in [0.05, 0.1) is 4.92 Å². The molecule has 1 saturated carbocycles. The first-order valence-corrected chi connectivity index (χ1v) is 7.00. The molecule has 0 radical (unpaired) electrons. The fraction of sp³-hybridized carbons (Fsp3) is 0.571. The van der Waals surface area contributed by atoms with E-state index in [1.54, 1.807) is 6.07 Å². The van der Waals surface area contributed by atoms with E-state index in [1.807, 2.05) is 6.07 Å². The number of para-hydroxylation sites is 1. The van der Waals surface area contributed by atoms with Gasteiger partial charge in [-0.05, 0) is 24.8 Å². The molecule has 0 aromatic heterocycles.